The van der Waals surface area contributed by atoms with Gasteiger partial charge in [-0.1, -0.05) is 6.07 Å². The third-order valence-electron chi connectivity index (χ3n) is 8.70. The number of halogens is 2. The maximum Gasteiger partial charge on any atom is 0.260 e. The summed E-state index contributed by atoms with van der Waals surface area (Å²) in [5.41, 5.74) is 3.66. The predicted octanol–water partition coefficient (Wildman–Crippen LogP) is 5.21. The molecule has 2 aromatic heterocycles. The van der Waals surface area contributed by atoms with Gasteiger partial charge in [-0.25, -0.2) is 13.8 Å². The SMILES string of the molecule is CN(Cc1cc(F)c2c(c1)C(=O)N(c1cc(-c3ccc(F)cc3-c3nncn3C)cc(C3CC3)n1)C2)CC1(O)CCC1. The highest BCUT2D eigenvalue weighted by Crippen LogP contribution is 2.43. The van der Waals surface area contributed by atoms with Crippen molar-refractivity contribution in [2.45, 2.75) is 56.7 Å². The smallest absolute Gasteiger partial charge is 0.260 e. The molecule has 1 N–H and O–H groups in total. The third-order valence-corrected chi connectivity index (χ3v) is 8.70. The zero-order chi connectivity index (χ0) is 29.2. The van der Waals surface area contributed by atoms with Crippen LogP contribution in [0.4, 0.5) is 14.6 Å². The van der Waals surface area contributed by atoms with Crippen molar-refractivity contribution in [2.24, 2.45) is 7.05 Å². The number of aliphatic hydroxyl groups is 1. The van der Waals surface area contributed by atoms with Gasteiger partial charge in [-0.3, -0.25) is 14.6 Å². The van der Waals surface area contributed by atoms with Crippen LogP contribution in [-0.4, -0.2) is 54.9 Å². The second kappa shape index (κ2) is 10.1. The number of carbonyl (C=O) groups is 1. The third kappa shape index (κ3) is 4.88. The molecule has 0 atom stereocenters. The Morgan fingerprint density at radius 1 is 1.07 bits per heavy atom. The molecule has 2 aromatic carbocycles. The highest BCUT2D eigenvalue weighted by molar-refractivity contribution is 6.10. The Kier molecular flexibility index (Phi) is 6.43. The summed E-state index contributed by atoms with van der Waals surface area (Å²) in [6, 6.07) is 11.6. The topological polar surface area (TPSA) is 87.4 Å². The summed E-state index contributed by atoms with van der Waals surface area (Å²) in [6.45, 7) is 1.01. The standard InChI is InChI=1S/C32H32F2N6O2/c1-38(17-32(42)8-3-9-32)15-19-10-25-26(27(34)11-19)16-40(31(25)41)29-13-21(12-28(36-29)20-4-5-20)23-7-6-22(33)14-24(23)30-37-35-18-39(30)2/h6-7,10-14,18,20,42H,3-5,8-9,15-17H2,1-2H3. The van der Waals surface area contributed by atoms with E-state index in [1.165, 1.54) is 23.1 Å². The highest BCUT2D eigenvalue weighted by Gasteiger charge is 2.36. The summed E-state index contributed by atoms with van der Waals surface area (Å²) < 4.78 is 31.5. The number of carbonyl (C=O) groups excluding carboxylic acids is 1. The van der Waals surface area contributed by atoms with Gasteiger partial charge in [-0.2, -0.15) is 0 Å². The number of hydrogen-bond acceptors (Lipinski definition) is 6. The van der Waals surface area contributed by atoms with Gasteiger partial charge in [-0.05, 0) is 92.2 Å². The summed E-state index contributed by atoms with van der Waals surface area (Å²) in [4.78, 5) is 22.1. The van der Waals surface area contributed by atoms with Gasteiger partial charge in [0.25, 0.3) is 5.91 Å². The van der Waals surface area contributed by atoms with E-state index in [1.54, 1.807) is 30.1 Å². The molecule has 10 heteroatoms. The lowest BCUT2D eigenvalue weighted by Gasteiger charge is -2.39. The van der Waals surface area contributed by atoms with E-state index in [-0.39, 0.29) is 18.4 Å². The number of rotatable bonds is 8. The van der Waals surface area contributed by atoms with Gasteiger partial charge in [0.2, 0.25) is 0 Å². The number of likely N-dealkylation sites (N-methyl/N-ethyl adjacent to an activating group) is 1. The number of nitrogens with zero attached hydrogens (tertiary/aromatic N) is 6. The molecule has 4 aromatic rings. The molecule has 42 heavy (non-hydrogen) atoms. The Hall–Kier alpha value is -4.02. The molecular formula is C32H32F2N6O2. The maximum absolute atomic E-state index is 15.4. The number of pyridine rings is 1. The van der Waals surface area contributed by atoms with E-state index in [9.17, 15) is 14.3 Å². The molecule has 0 radical (unpaired) electrons. The van der Waals surface area contributed by atoms with Crippen molar-refractivity contribution in [1.29, 1.82) is 0 Å². The second-order valence-electron chi connectivity index (χ2n) is 12.1. The van der Waals surface area contributed by atoms with Gasteiger partial charge in [0, 0.05) is 48.4 Å². The van der Waals surface area contributed by atoms with Gasteiger partial charge in [0.05, 0.1) is 12.1 Å². The minimum Gasteiger partial charge on any atom is -0.389 e. The molecule has 2 aliphatic carbocycles. The molecule has 1 amide bonds. The number of hydrogen-bond donors (Lipinski definition) is 1. The minimum atomic E-state index is -0.677. The molecule has 0 bridgehead atoms. The molecule has 0 unspecified atom stereocenters. The van der Waals surface area contributed by atoms with E-state index in [4.69, 9.17) is 4.98 Å². The van der Waals surface area contributed by atoms with Crippen LogP contribution in [-0.2, 0) is 20.1 Å². The summed E-state index contributed by atoms with van der Waals surface area (Å²) in [7, 11) is 3.70. The van der Waals surface area contributed by atoms with Crippen LogP contribution in [0, 0.1) is 11.6 Å². The lowest BCUT2D eigenvalue weighted by molar-refractivity contribution is -0.0556. The summed E-state index contributed by atoms with van der Waals surface area (Å²) in [5.74, 6) is 0.128. The van der Waals surface area contributed by atoms with E-state index in [0.29, 0.717) is 47.0 Å². The maximum atomic E-state index is 15.4. The molecule has 0 spiro atoms. The molecule has 1 aliphatic heterocycles. The molecule has 2 fully saturated rings. The van der Waals surface area contributed by atoms with Crippen molar-refractivity contribution in [3.05, 3.63) is 82.8 Å². The number of fused-ring (bicyclic) bond motifs is 1. The average Bonchev–Trinajstić information content (AvgIpc) is 3.62. The van der Waals surface area contributed by atoms with E-state index in [2.05, 4.69) is 10.2 Å². The number of aromatic nitrogens is 4. The van der Waals surface area contributed by atoms with Gasteiger partial charge in [-0.15, -0.1) is 10.2 Å². The van der Waals surface area contributed by atoms with E-state index < -0.39 is 17.2 Å². The first-order valence-electron chi connectivity index (χ1n) is 14.4. The summed E-state index contributed by atoms with van der Waals surface area (Å²) >= 11 is 0. The van der Waals surface area contributed by atoms with Gasteiger partial charge < -0.3 is 9.67 Å². The van der Waals surface area contributed by atoms with Crippen molar-refractivity contribution in [2.75, 3.05) is 18.5 Å². The fraction of sp³-hybridized carbons (Fsp3) is 0.375. The molecule has 216 valence electrons. The number of benzene rings is 2. The Morgan fingerprint density at radius 2 is 1.88 bits per heavy atom. The van der Waals surface area contributed by atoms with Gasteiger partial charge in [0.1, 0.15) is 23.8 Å². The van der Waals surface area contributed by atoms with E-state index in [1.807, 2.05) is 24.1 Å². The number of aryl methyl sites for hydroxylation is 1. The Labute approximate surface area is 242 Å². The van der Waals surface area contributed by atoms with Crippen LogP contribution >= 0.6 is 0 Å². The Bertz CT molecular complexity index is 1710. The minimum absolute atomic E-state index is 0.0794. The second-order valence-corrected chi connectivity index (χ2v) is 12.1. The Morgan fingerprint density at radius 3 is 2.57 bits per heavy atom. The van der Waals surface area contributed by atoms with Crippen LogP contribution < -0.4 is 4.90 Å². The normalized spacial score (nSPS) is 17.6. The van der Waals surface area contributed by atoms with Crippen molar-refractivity contribution < 1.29 is 18.7 Å². The highest BCUT2D eigenvalue weighted by atomic mass is 19.1. The lowest BCUT2D eigenvalue weighted by Crippen LogP contribution is -2.46. The van der Waals surface area contributed by atoms with Crippen molar-refractivity contribution >= 4 is 11.7 Å². The fourth-order valence-electron chi connectivity index (χ4n) is 6.21. The van der Waals surface area contributed by atoms with Crippen LogP contribution in [0.2, 0.25) is 0 Å². The predicted molar refractivity (Wildman–Crippen MR) is 154 cm³/mol. The zero-order valence-electron chi connectivity index (χ0n) is 23.6. The van der Waals surface area contributed by atoms with Gasteiger partial charge in [0.15, 0.2) is 5.82 Å². The van der Waals surface area contributed by atoms with Gasteiger partial charge >= 0.3 is 0 Å². The molecular weight excluding hydrogens is 538 g/mol. The fourth-order valence-corrected chi connectivity index (χ4v) is 6.21. The van der Waals surface area contributed by atoms with Crippen LogP contribution in [0.15, 0.2) is 48.8 Å². The quantitative estimate of drug-likeness (QED) is 0.313. The summed E-state index contributed by atoms with van der Waals surface area (Å²) in [6.07, 6.45) is 6.14. The summed E-state index contributed by atoms with van der Waals surface area (Å²) in [5, 5.41) is 18.7. The molecule has 8 nitrogen and oxygen atoms in total. The lowest BCUT2D eigenvalue weighted by atomic mass is 9.80. The number of amides is 1. The monoisotopic (exact) mass is 570 g/mol. The molecule has 7 rings (SSSR count). The largest absolute Gasteiger partial charge is 0.389 e. The van der Waals surface area contributed by atoms with Crippen molar-refractivity contribution in [3.8, 4) is 22.5 Å². The van der Waals surface area contributed by atoms with Crippen LogP contribution in [0.5, 0.6) is 0 Å². The first-order chi connectivity index (χ1) is 20.2. The molecule has 0 saturated heterocycles. The zero-order valence-corrected chi connectivity index (χ0v) is 23.6. The molecule has 2 saturated carbocycles. The Balaban J connectivity index is 1.23. The van der Waals surface area contributed by atoms with Crippen molar-refractivity contribution in [3.63, 3.8) is 0 Å². The van der Waals surface area contributed by atoms with E-state index >= 15 is 4.39 Å². The van der Waals surface area contributed by atoms with Crippen LogP contribution in [0.25, 0.3) is 22.5 Å². The van der Waals surface area contributed by atoms with Crippen LogP contribution in [0.3, 0.4) is 0 Å². The average molecular weight is 571 g/mol. The van der Waals surface area contributed by atoms with Crippen molar-refractivity contribution in [1.82, 2.24) is 24.6 Å². The first kappa shape index (κ1) is 26.9. The number of anilines is 1. The van der Waals surface area contributed by atoms with Crippen LogP contribution in [0.1, 0.15) is 65.2 Å². The first-order valence-corrected chi connectivity index (χ1v) is 14.4. The molecule has 3 heterocycles. The van der Waals surface area contributed by atoms with E-state index in [0.717, 1.165) is 48.9 Å². The molecule has 3 aliphatic rings.